The molecular weight excluding hydrogens is 439 g/mol. The molecule has 0 bridgehead atoms. The molecule has 0 saturated heterocycles. The van der Waals surface area contributed by atoms with Gasteiger partial charge < -0.3 is 4.90 Å². The molecule has 30 heavy (non-hydrogen) atoms. The Kier molecular flexibility index (Phi) is 4.89. The summed E-state index contributed by atoms with van der Waals surface area (Å²) >= 11 is 14.0. The van der Waals surface area contributed by atoms with Crippen molar-refractivity contribution in [2.75, 3.05) is 11.4 Å². The molecule has 0 spiro atoms. The molecule has 0 saturated carbocycles. The number of anilines is 1. The van der Waals surface area contributed by atoms with E-state index >= 15 is 0 Å². The van der Waals surface area contributed by atoms with Crippen LogP contribution in [0.15, 0.2) is 65.7 Å². The molecule has 0 radical (unpaired) electrons. The molecule has 2 aliphatic rings. The van der Waals surface area contributed by atoms with Crippen molar-refractivity contribution in [3.8, 4) is 0 Å². The first-order valence-electron chi connectivity index (χ1n) is 9.49. The number of carbonyl (C=O) groups is 2. The SMILES string of the molecule is O=C1C(c2cccs2)=C(N2CCc3ccccc3C2)C(=O)N1c1cccc(Cl)c1Cl. The van der Waals surface area contributed by atoms with Crippen molar-refractivity contribution < 1.29 is 9.59 Å². The van der Waals surface area contributed by atoms with E-state index in [0.29, 0.717) is 35.1 Å². The molecule has 4 nitrogen and oxygen atoms in total. The van der Waals surface area contributed by atoms with Gasteiger partial charge in [-0.25, -0.2) is 4.90 Å². The average molecular weight is 455 g/mol. The predicted molar refractivity (Wildman–Crippen MR) is 121 cm³/mol. The first kappa shape index (κ1) is 19.4. The van der Waals surface area contributed by atoms with Crippen LogP contribution in [0.2, 0.25) is 10.0 Å². The van der Waals surface area contributed by atoms with Crippen LogP contribution in [0.4, 0.5) is 5.69 Å². The number of benzene rings is 2. The third-order valence-corrected chi connectivity index (χ3v) is 7.14. The van der Waals surface area contributed by atoms with E-state index in [1.54, 1.807) is 18.2 Å². The normalized spacial score (nSPS) is 16.5. The lowest BCUT2D eigenvalue weighted by Gasteiger charge is -2.31. The fourth-order valence-electron chi connectivity index (χ4n) is 4.02. The van der Waals surface area contributed by atoms with Crippen LogP contribution >= 0.6 is 34.5 Å². The van der Waals surface area contributed by atoms with E-state index in [4.69, 9.17) is 23.2 Å². The summed E-state index contributed by atoms with van der Waals surface area (Å²) in [6.45, 7) is 1.24. The lowest BCUT2D eigenvalue weighted by molar-refractivity contribution is -0.120. The Hall–Kier alpha value is -2.60. The van der Waals surface area contributed by atoms with Crippen LogP contribution in [-0.2, 0) is 22.6 Å². The largest absolute Gasteiger partial charge is 0.362 e. The van der Waals surface area contributed by atoms with Gasteiger partial charge in [0, 0.05) is 18.0 Å². The van der Waals surface area contributed by atoms with Gasteiger partial charge in [-0.1, -0.05) is 59.6 Å². The summed E-state index contributed by atoms with van der Waals surface area (Å²) in [5.41, 5.74) is 3.60. The van der Waals surface area contributed by atoms with Crippen LogP contribution in [0.1, 0.15) is 16.0 Å². The minimum atomic E-state index is -0.375. The molecular formula is C23H16Cl2N2O2S. The molecule has 2 aliphatic heterocycles. The molecule has 0 unspecified atom stereocenters. The van der Waals surface area contributed by atoms with Gasteiger partial charge in [0.15, 0.2) is 0 Å². The number of carbonyl (C=O) groups excluding carboxylic acids is 2. The number of rotatable bonds is 3. The molecule has 0 fully saturated rings. The van der Waals surface area contributed by atoms with Gasteiger partial charge in [-0.3, -0.25) is 9.59 Å². The van der Waals surface area contributed by atoms with E-state index in [2.05, 4.69) is 12.1 Å². The van der Waals surface area contributed by atoms with Crippen molar-refractivity contribution >= 4 is 57.6 Å². The molecule has 2 amide bonds. The van der Waals surface area contributed by atoms with Gasteiger partial charge >= 0.3 is 0 Å². The summed E-state index contributed by atoms with van der Waals surface area (Å²) in [5.74, 6) is -0.743. The van der Waals surface area contributed by atoms with Gasteiger partial charge in [-0.15, -0.1) is 11.3 Å². The van der Waals surface area contributed by atoms with Gasteiger partial charge in [0.25, 0.3) is 11.8 Å². The third kappa shape index (κ3) is 3.05. The maximum absolute atomic E-state index is 13.6. The Bertz CT molecular complexity index is 1200. The molecule has 3 aromatic rings. The van der Waals surface area contributed by atoms with Crippen molar-refractivity contribution in [2.45, 2.75) is 13.0 Å². The summed E-state index contributed by atoms with van der Waals surface area (Å²) in [4.78, 5) is 31.0. The van der Waals surface area contributed by atoms with Crippen LogP contribution in [0.5, 0.6) is 0 Å². The molecule has 2 aromatic carbocycles. The van der Waals surface area contributed by atoms with Crippen molar-refractivity contribution in [3.63, 3.8) is 0 Å². The molecule has 0 N–H and O–H groups in total. The summed E-state index contributed by atoms with van der Waals surface area (Å²) in [6, 6.07) is 16.9. The van der Waals surface area contributed by atoms with Crippen molar-refractivity contribution in [1.82, 2.24) is 4.90 Å². The molecule has 0 aliphatic carbocycles. The van der Waals surface area contributed by atoms with Gasteiger partial charge in [-0.05, 0) is 41.1 Å². The van der Waals surface area contributed by atoms with E-state index in [-0.39, 0.29) is 16.8 Å². The second-order valence-electron chi connectivity index (χ2n) is 7.16. The minimum absolute atomic E-state index is 0.191. The summed E-state index contributed by atoms with van der Waals surface area (Å²) in [7, 11) is 0. The van der Waals surface area contributed by atoms with Crippen LogP contribution < -0.4 is 4.90 Å². The average Bonchev–Trinajstić information content (AvgIpc) is 3.36. The Balaban J connectivity index is 1.62. The molecule has 150 valence electrons. The number of thiophene rings is 1. The Morgan fingerprint density at radius 1 is 0.867 bits per heavy atom. The first-order chi connectivity index (χ1) is 14.6. The van der Waals surface area contributed by atoms with Gasteiger partial charge in [0.05, 0.1) is 21.3 Å². The molecule has 3 heterocycles. The molecule has 0 atom stereocenters. The number of fused-ring (bicyclic) bond motifs is 1. The highest BCUT2D eigenvalue weighted by Gasteiger charge is 2.44. The maximum atomic E-state index is 13.6. The molecule has 1 aromatic heterocycles. The maximum Gasteiger partial charge on any atom is 0.282 e. The zero-order valence-electron chi connectivity index (χ0n) is 15.8. The minimum Gasteiger partial charge on any atom is -0.362 e. The van der Waals surface area contributed by atoms with Gasteiger partial charge in [0.1, 0.15) is 5.70 Å². The van der Waals surface area contributed by atoms with E-state index < -0.39 is 0 Å². The van der Waals surface area contributed by atoms with Gasteiger partial charge in [-0.2, -0.15) is 0 Å². The van der Waals surface area contributed by atoms with Crippen LogP contribution in [-0.4, -0.2) is 23.3 Å². The highest BCUT2D eigenvalue weighted by atomic mass is 35.5. The topological polar surface area (TPSA) is 40.6 Å². The number of hydrogen-bond donors (Lipinski definition) is 0. The predicted octanol–water partition coefficient (Wildman–Crippen LogP) is 5.40. The zero-order valence-corrected chi connectivity index (χ0v) is 18.1. The first-order valence-corrected chi connectivity index (χ1v) is 11.1. The monoisotopic (exact) mass is 454 g/mol. The quantitative estimate of drug-likeness (QED) is 0.497. The second-order valence-corrected chi connectivity index (χ2v) is 8.89. The number of hydrogen-bond acceptors (Lipinski definition) is 4. The number of amides is 2. The zero-order chi connectivity index (χ0) is 20.8. The van der Waals surface area contributed by atoms with E-state index in [1.165, 1.54) is 22.5 Å². The van der Waals surface area contributed by atoms with Gasteiger partial charge in [0.2, 0.25) is 0 Å². The lowest BCUT2D eigenvalue weighted by atomic mass is 9.99. The van der Waals surface area contributed by atoms with Crippen molar-refractivity contribution in [2.24, 2.45) is 0 Å². The second kappa shape index (κ2) is 7.58. The highest BCUT2D eigenvalue weighted by molar-refractivity contribution is 7.11. The van der Waals surface area contributed by atoms with E-state index in [1.807, 2.05) is 34.5 Å². The van der Waals surface area contributed by atoms with Crippen molar-refractivity contribution in [3.05, 3.63) is 91.7 Å². The molecule has 7 heteroatoms. The van der Waals surface area contributed by atoms with Crippen LogP contribution in [0.25, 0.3) is 5.57 Å². The van der Waals surface area contributed by atoms with Crippen molar-refractivity contribution in [1.29, 1.82) is 0 Å². The highest BCUT2D eigenvalue weighted by Crippen LogP contribution is 2.41. The summed E-state index contributed by atoms with van der Waals surface area (Å²) in [6.07, 6.45) is 0.816. The Labute approximate surface area is 187 Å². The number of imide groups is 1. The van der Waals surface area contributed by atoms with Crippen LogP contribution in [0.3, 0.4) is 0 Å². The Morgan fingerprint density at radius 3 is 2.43 bits per heavy atom. The smallest absolute Gasteiger partial charge is 0.282 e. The lowest BCUT2D eigenvalue weighted by Crippen LogP contribution is -2.37. The Morgan fingerprint density at radius 2 is 1.67 bits per heavy atom. The standard InChI is InChI=1S/C23H16Cl2N2O2S/c24-16-7-3-8-17(20(16)25)27-22(28)19(18-9-4-12-30-18)21(23(27)29)26-11-10-14-5-1-2-6-15(14)13-26/h1-9,12H,10-11,13H2. The fourth-order valence-corrected chi connectivity index (χ4v) is 5.17. The summed E-state index contributed by atoms with van der Waals surface area (Å²) in [5, 5.41) is 2.39. The van der Waals surface area contributed by atoms with E-state index in [0.717, 1.165) is 16.2 Å². The number of nitrogens with zero attached hydrogens (tertiary/aromatic N) is 2. The number of halogens is 2. The van der Waals surface area contributed by atoms with Crippen LogP contribution in [0, 0.1) is 0 Å². The fraction of sp³-hybridized carbons (Fsp3) is 0.130. The van der Waals surface area contributed by atoms with E-state index in [9.17, 15) is 9.59 Å². The molecule has 5 rings (SSSR count). The summed E-state index contributed by atoms with van der Waals surface area (Å²) < 4.78 is 0. The third-order valence-electron chi connectivity index (χ3n) is 5.45.